The number of hydrogen-bond acceptors (Lipinski definition) is 4. The van der Waals surface area contributed by atoms with Gasteiger partial charge in [0, 0.05) is 7.11 Å². The maximum Gasteiger partial charge on any atom is 0.141 e. The predicted molar refractivity (Wildman–Crippen MR) is 42.0 cm³/mol. The summed E-state index contributed by atoms with van der Waals surface area (Å²) in [6, 6.07) is 0. The van der Waals surface area contributed by atoms with Crippen LogP contribution in [0.4, 0.5) is 0 Å². The van der Waals surface area contributed by atoms with E-state index in [0.717, 1.165) is 6.54 Å². The zero-order valence-corrected chi connectivity index (χ0v) is 6.50. The molecule has 0 aliphatic heterocycles. The molecule has 0 aromatic rings. The molecule has 60 valence electrons. The second kappa shape index (κ2) is 5.34. The second-order valence-electron chi connectivity index (χ2n) is 1.89. The number of nitrogens with zero attached hydrogens (tertiary/aromatic N) is 1. The van der Waals surface area contributed by atoms with Crippen LogP contribution >= 0.6 is 0 Å². The Bertz CT molecular complexity index is 97.0. The van der Waals surface area contributed by atoms with Gasteiger partial charge in [0.2, 0.25) is 0 Å². The average Bonchev–Trinajstić information content (AvgIpc) is 1.99. The molecule has 10 heavy (non-hydrogen) atoms. The lowest BCUT2D eigenvalue weighted by Crippen LogP contribution is -2.44. The summed E-state index contributed by atoms with van der Waals surface area (Å²) in [6.45, 7) is 6.16. The van der Waals surface area contributed by atoms with E-state index in [1.165, 1.54) is 0 Å². The summed E-state index contributed by atoms with van der Waals surface area (Å²) in [7, 11) is 1.54. The van der Waals surface area contributed by atoms with E-state index in [1.807, 2.05) is 6.92 Å². The SMILES string of the molecule is C=NC(NCC)C(N)OC. The summed E-state index contributed by atoms with van der Waals surface area (Å²) in [5.74, 6) is 0. The maximum atomic E-state index is 5.50. The van der Waals surface area contributed by atoms with Crippen molar-refractivity contribution in [2.75, 3.05) is 13.7 Å². The van der Waals surface area contributed by atoms with Crippen LogP contribution in [0, 0.1) is 0 Å². The third kappa shape index (κ3) is 2.91. The van der Waals surface area contributed by atoms with Crippen molar-refractivity contribution in [3.8, 4) is 0 Å². The van der Waals surface area contributed by atoms with Gasteiger partial charge in [-0.25, -0.2) is 0 Å². The second-order valence-corrected chi connectivity index (χ2v) is 1.89. The molecule has 0 heterocycles. The first-order valence-corrected chi connectivity index (χ1v) is 3.23. The van der Waals surface area contributed by atoms with Gasteiger partial charge in [-0.2, -0.15) is 0 Å². The zero-order chi connectivity index (χ0) is 7.98. The summed E-state index contributed by atoms with van der Waals surface area (Å²) in [4.78, 5) is 3.74. The summed E-state index contributed by atoms with van der Waals surface area (Å²) in [5, 5.41) is 3.00. The summed E-state index contributed by atoms with van der Waals surface area (Å²) in [6.07, 6.45) is -0.604. The first kappa shape index (κ1) is 9.55. The van der Waals surface area contributed by atoms with Crippen molar-refractivity contribution < 1.29 is 4.74 Å². The van der Waals surface area contributed by atoms with Gasteiger partial charge < -0.3 is 10.5 Å². The first-order valence-electron chi connectivity index (χ1n) is 3.23. The summed E-state index contributed by atoms with van der Waals surface area (Å²) in [5.41, 5.74) is 5.50. The molecular weight excluding hydrogens is 130 g/mol. The molecular formula is C6H15N3O. The van der Waals surface area contributed by atoms with Crippen molar-refractivity contribution >= 4 is 6.72 Å². The van der Waals surface area contributed by atoms with E-state index < -0.39 is 6.23 Å². The van der Waals surface area contributed by atoms with E-state index in [0.29, 0.717) is 0 Å². The van der Waals surface area contributed by atoms with E-state index in [4.69, 9.17) is 10.5 Å². The standard InChI is InChI=1S/C6H15N3O/c1-4-9-6(8-2)5(7)10-3/h5-6,9H,2,4,7H2,1,3H3. The van der Waals surface area contributed by atoms with Crippen LogP contribution in [0.2, 0.25) is 0 Å². The van der Waals surface area contributed by atoms with Gasteiger partial charge in [0.25, 0.3) is 0 Å². The molecule has 2 atom stereocenters. The molecule has 0 aliphatic rings. The third-order valence-electron chi connectivity index (χ3n) is 1.19. The highest BCUT2D eigenvalue weighted by Gasteiger charge is 2.11. The number of likely N-dealkylation sites (N-methyl/N-ethyl adjacent to an activating group) is 1. The first-order chi connectivity index (χ1) is 4.76. The number of hydrogen-bond donors (Lipinski definition) is 2. The highest BCUT2D eigenvalue weighted by Crippen LogP contribution is 1.90. The average molecular weight is 145 g/mol. The number of nitrogens with one attached hydrogen (secondary N) is 1. The van der Waals surface area contributed by atoms with E-state index in [9.17, 15) is 0 Å². The van der Waals surface area contributed by atoms with Gasteiger partial charge in [-0.3, -0.25) is 10.3 Å². The van der Waals surface area contributed by atoms with E-state index in [-0.39, 0.29) is 6.17 Å². The van der Waals surface area contributed by atoms with Gasteiger partial charge in [0.15, 0.2) is 0 Å². The highest BCUT2D eigenvalue weighted by molar-refractivity contribution is 5.24. The molecule has 0 bridgehead atoms. The molecule has 4 nitrogen and oxygen atoms in total. The predicted octanol–water partition coefficient (Wildman–Crippen LogP) is -0.446. The fourth-order valence-corrected chi connectivity index (χ4v) is 0.623. The van der Waals surface area contributed by atoms with Gasteiger partial charge in [0.05, 0.1) is 0 Å². The molecule has 0 aromatic heterocycles. The lowest BCUT2D eigenvalue weighted by molar-refractivity contribution is 0.0771. The Morgan fingerprint density at radius 1 is 1.80 bits per heavy atom. The smallest absolute Gasteiger partial charge is 0.141 e. The molecule has 0 amide bonds. The van der Waals surface area contributed by atoms with E-state index >= 15 is 0 Å². The topological polar surface area (TPSA) is 59.6 Å². The van der Waals surface area contributed by atoms with Crippen molar-refractivity contribution in [2.45, 2.75) is 19.3 Å². The minimum atomic E-state index is -0.405. The molecule has 0 saturated heterocycles. The lowest BCUT2D eigenvalue weighted by atomic mass is 10.4. The van der Waals surface area contributed by atoms with Crippen molar-refractivity contribution in [3.63, 3.8) is 0 Å². The molecule has 0 spiro atoms. The van der Waals surface area contributed by atoms with Crippen LogP contribution in [0.25, 0.3) is 0 Å². The fourth-order valence-electron chi connectivity index (χ4n) is 0.623. The van der Waals surface area contributed by atoms with E-state index in [1.54, 1.807) is 7.11 Å². The number of rotatable bonds is 5. The van der Waals surface area contributed by atoms with Crippen LogP contribution in [-0.2, 0) is 4.74 Å². The maximum absolute atomic E-state index is 5.50. The van der Waals surface area contributed by atoms with Crippen molar-refractivity contribution in [1.29, 1.82) is 0 Å². The largest absolute Gasteiger partial charge is 0.363 e. The Morgan fingerprint density at radius 3 is 2.70 bits per heavy atom. The van der Waals surface area contributed by atoms with Crippen LogP contribution < -0.4 is 11.1 Å². The number of nitrogens with two attached hydrogens (primary N) is 1. The quantitative estimate of drug-likeness (QED) is 0.407. The van der Waals surface area contributed by atoms with Gasteiger partial charge in [0.1, 0.15) is 12.4 Å². The minimum absolute atomic E-state index is 0.199. The lowest BCUT2D eigenvalue weighted by Gasteiger charge is -2.18. The fraction of sp³-hybridized carbons (Fsp3) is 0.833. The van der Waals surface area contributed by atoms with Crippen LogP contribution in [-0.4, -0.2) is 32.8 Å². The van der Waals surface area contributed by atoms with Crippen LogP contribution in [0.15, 0.2) is 4.99 Å². The molecule has 0 aromatic carbocycles. The van der Waals surface area contributed by atoms with Crippen LogP contribution in [0.5, 0.6) is 0 Å². The normalized spacial score (nSPS) is 16.3. The van der Waals surface area contributed by atoms with Crippen LogP contribution in [0.1, 0.15) is 6.92 Å². The number of aliphatic imine (C=N–C) groups is 1. The van der Waals surface area contributed by atoms with Crippen molar-refractivity contribution in [2.24, 2.45) is 10.7 Å². The van der Waals surface area contributed by atoms with Gasteiger partial charge in [-0.15, -0.1) is 0 Å². The Morgan fingerprint density at radius 2 is 2.40 bits per heavy atom. The molecule has 2 unspecified atom stereocenters. The summed E-state index contributed by atoms with van der Waals surface area (Å²) < 4.78 is 4.84. The van der Waals surface area contributed by atoms with Gasteiger partial charge in [-0.05, 0) is 13.3 Å². The minimum Gasteiger partial charge on any atom is -0.363 e. The third-order valence-corrected chi connectivity index (χ3v) is 1.19. The summed E-state index contributed by atoms with van der Waals surface area (Å²) >= 11 is 0. The van der Waals surface area contributed by atoms with Crippen LogP contribution in [0.3, 0.4) is 0 Å². The molecule has 0 aliphatic carbocycles. The molecule has 0 fully saturated rings. The zero-order valence-electron chi connectivity index (χ0n) is 6.50. The Labute approximate surface area is 61.5 Å². The Balaban J connectivity index is 3.67. The molecule has 0 rings (SSSR count). The number of ether oxygens (including phenoxy) is 1. The number of methoxy groups -OCH3 is 1. The molecule has 3 N–H and O–H groups in total. The monoisotopic (exact) mass is 145 g/mol. The Kier molecular flexibility index (Phi) is 5.10. The highest BCUT2D eigenvalue weighted by atomic mass is 16.5. The molecule has 0 saturated carbocycles. The van der Waals surface area contributed by atoms with Gasteiger partial charge in [-0.1, -0.05) is 6.92 Å². The van der Waals surface area contributed by atoms with E-state index in [2.05, 4.69) is 17.0 Å². The Hall–Kier alpha value is -0.450. The molecule has 4 heteroatoms. The van der Waals surface area contributed by atoms with Crippen molar-refractivity contribution in [1.82, 2.24) is 5.32 Å². The molecule has 0 radical (unpaired) electrons. The van der Waals surface area contributed by atoms with Gasteiger partial charge >= 0.3 is 0 Å². The van der Waals surface area contributed by atoms with Crippen molar-refractivity contribution in [3.05, 3.63) is 0 Å².